The van der Waals surface area contributed by atoms with E-state index in [1.165, 1.54) is 18.4 Å². The van der Waals surface area contributed by atoms with Crippen molar-refractivity contribution in [1.29, 1.82) is 0 Å². The maximum absolute atomic E-state index is 5.62. The van der Waals surface area contributed by atoms with Gasteiger partial charge in [-0.3, -0.25) is 0 Å². The minimum atomic E-state index is 0.461. The predicted octanol–water partition coefficient (Wildman–Crippen LogP) is 2.51. The van der Waals surface area contributed by atoms with Gasteiger partial charge in [-0.1, -0.05) is 6.07 Å². The van der Waals surface area contributed by atoms with E-state index in [-0.39, 0.29) is 0 Å². The summed E-state index contributed by atoms with van der Waals surface area (Å²) in [6, 6.07) is 6.81. The third-order valence-electron chi connectivity index (χ3n) is 4.21. The van der Waals surface area contributed by atoms with Crippen molar-refractivity contribution in [2.75, 3.05) is 20.3 Å². The zero-order valence-corrected chi connectivity index (χ0v) is 12.1. The molecule has 1 aliphatic heterocycles. The summed E-state index contributed by atoms with van der Waals surface area (Å²) in [5.41, 5.74) is 1.25. The lowest BCUT2D eigenvalue weighted by atomic mass is 9.93. The molecule has 1 aromatic carbocycles. The van der Waals surface area contributed by atoms with Gasteiger partial charge in [0.2, 0.25) is 0 Å². The molecule has 3 rings (SSSR count). The Labute approximate surface area is 120 Å². The van der Waals surface area contributed by atoms with E-state index in [1.807, 2.05) is 13.2 Å². The van der Waals surface area contributed by atoms with Crippen LogP contribution in [0, 0.1) is 0 Å². The number of hydrogen-bond donors (Lipinski definition) is 1. The van der Waals surface area contributed by atoms with Gasteiger partial charge in [-0.2, -0.15) is 0 Å². The van der Waals surface area contributed by atoms with Crippen LogP contribution in [0.1, 0.15) is 31.2 Å². The first-order valence-corrected chi connectivity index (χ1v) is 7.50. The van der Waals surface area contributed by atoms with E-state index in [4.69, 9.17) is 14.2 Å². The molecule has 1 fully saturated rings. The van der Waals surface area contributed by atoms with Gasteiger partial charge in [-0.05, 0) is 43.4 Å². The fourth-order valence-electron chi connectivity index (χ4n) is 2.96. The lowest BCUT2D eigenvalue weighted by molar-refractivity contribution is 0.0624. The normalized spacial score (nSPS) is 25.4. The molecular formula is C16H23NO3. The number of nitrogens with one attached hydrogen (secondary N) is 1. The first-order chi connectivity index (χ1) is 9.85. The average molecular weight is 277 g/mol. The summed E-state index contributed by atoms with van der Waals surface area (Å²) in [5.74, 6) is 1.74. The molecule has 20 heavy (non-hydrogen) atoms. The van der Waals surface area contributed by atoms with Crippen LogP contribution < -0.4 is 14.8 Å². The molecule has 1 heterocycles. The summed E-state index contributed by atoms with van der Waals surface area (Å²) in [4.78, 5) is 0. The molecule has 4 heteroatoms. The fraction of sp³-hybridized carbons (Fsp3) is 0.625. The second-order valence-electron chi connectivity index (χ2n) is 5.57. The number of ether oxygens (including phenoxy) is 3. The van der Waals surface area contributed by atoms with Gasteiger partial charge < -0.3 is 19.5 Å². The average Bonchev–Trinajstić information content (AvgIpc) is 2.53. The van der Waals surface area contributed by atoms with E-state index in [9.17, 15) is 0 Å². The van der Waals surface area contributed by atoms with Crippen molar-refractivity contribution in [3.63, 3.8) is 0 Å². The Kier molecular flexibility index (Phi) is 4.43. The molecule has 1 N–H and O–H groups in total. The molecule has 0 spiro atoms. The quantitative estimate of drug-likeness (QED) is 0.918. The van der Waals surface area contributed by atoms with E-state index in [2.05, 4.69) is 17.4 Å². The molecular weight excluding hydrogens is 254 g/mol. The molecule has 0 unspecified atom stereocenters. The molecule has 4 nitrogen and oxygen atoms in total. The Bertz CT molecular complexity index is 441. The zero-order valence-electron chi connectivity index (χ0n) is 12.1. The SMILES string of the molecule is COC1CCC(NCc2ccc3c(c2)OCCO3)CC1. The number of benzene rings is 1. The van der Waals surface area contributed by atoms with Crippen molar-refractivity contribution in [1.82, 2.24) is 5.32 Å². The molecule has 0 saturated heterocycles. The van der Waals surface area contributed by atoms with Crippen LogP contribution in [-0.4, -0.2) is 32.5 Å². The Balaban J connectivity index is 1.51. The van der Waals surface area contributed by atoms with Crippen LogP contribution in [0.15, 0.2) is 18.2 Å². The number of rotatable bonds is 4. The molecule has 0 amide bonds. The van der Waals surface area contributed by atoms with E-state index < -0.39 is 0 Å². The second-order valence-corrected chi connectivity index (χ2v) is 5.57. The molecule has 1 aromatic rings. The van der Waals surface area contributed by atoms with Gasteiger partial charge in [-0.15, -0.1) is 0 Å². The Morgan fingerprint density at radius 1 is 1.10 bits per heavy atom. The van der Waals surface area contributed by atoms with Crippen LogP contribution in [-0.2, 0) is 11.3 Å². The maximum atomic E-state index is 5.62. The van der Waals surface area contributed by atoms with Gasteiger partial charge in [0.1, 0.15) is 13.2 Å². The highest BCUT2D eigenvalue weighted by Crippen LogP contribution is 2.30. The van der Waals surface area contributed by atoms with Crippen LogP contribution in [0.3, 0.4) is 0 Å². The first-order valence-electron chi connectivity index (χ1n) is 7.50. The summed E-state index contributed by atoms with van der Waals surface area (Å²) >= 11 is 0. The molecule has 0 radical (unpaired) electrons. The minimum Gasteiger partial charge on any atom is -0.486 e. The summed E-state index contributed by atoms with van der Waals surface area (Å²) in [6.07, 6.45) is 5.18. The van der Waals surface area contributed by atoms with Gasteiger partial charge >= 0.3 is 0 Å². The summed E-state index contributed by atoms with van der Waals surface area (Å²) < 4.78 is 16.6. The lowest BCUT2D eigenvalue weighted by Crippen LogP contribution is -2.34. The van der Waals surface area contributed by atoms with Crippen molar-refractivity contribution < 1.29 is 14.2 Å². The maximum Gasteiger partial charge on any atom is 0.161 e. The van der Waals surface area contributed by atoms with E-state index in [0.29, 0.717) is 25.4 Å². The van der Waals surface area contributed by atoms with E-state index >= 15 is 0 Å². The first kappa shape index (κ1) is 13.7. The van der Waals surface area contributed by atoms with Gasteiger partial charge in [-0.25, -0.2) is 0 Å². The number of hydrogen-bond acceptors (Lipinski definition) is 4. The van der Waals surface area contributed by atoms with Gasteiger partial charge in [0.15, 0.2) is 11.5 Å². The van der Waals surface area contributed by atoms with Crippen LogP contribution in [0.5, 0.6) is 11.5 Å². The zero-order chi connectivity index (χ0) is 13.8. The largest absolute Gasteiger partial charge is 0.486 e. The third-order valence-corrected chi connectivity index (χ3v) is 4.21. The van der Waals surface area contributed by atoms with Crippen molar-refractivity contribution in [2.45, 2.75) is 44.4 Å². The van der Waals surface area contributed by atoms with Crippen molar-refractivity contribution in [2.24, 2.45) is 0 Å². The molecule has 0 bridgehead atoms. The number of fused-ring (bicyclic) bond motifs is 1. The van der Waals surface area contributed by atoms with Crippen LogP contribution in [0.4, 0.5) is 0 Å². The molecule has 0 atom stereocenters. The third kappa shape index (κ3) is 3.25. The molecule has 0 aromatic heterocycles. The van der Waals surface area contributed by atoms with Crippen LogP contribution >= 0.6 is 0 Å². The predicted molar refractivity (Wildman–Crippen MR) is 77.3 cm³/mol. The van der Waals surface area contributed by atoms with Crippen molar-refractivity contribution >= 4 is 0 Å². The van der Waals surface area contributed by atoms with Crippen LogP contribution in [0.25, 0.3) is 0 Å². The summed E-state index contributed by atoms with van der Waals surface area (Å²) in [6.45, 7) is 2.18. The summed E-state index contributed by atoms with van der Waals surface area (Å²) in [5, 5.41) is 3.64. The second kappa shape index (κ2) is 6.46. The highest BCUT2D eigenvalue weighted by atomic mass is 16.6. The minimum absolute atomic E-state index is 0.461. The van der Waals surface area contributed by atoms with Crippen molar-refractivity contribution in [3.8, 4) is 11.5 Å². The standard InChI is InChI=1S/C16H23NO3/c1-18-14-5-3-13(4-6-14)17-11-12-2-7-15-16(10-12)20-9-8-19-15/h2,7,10,13-14,17H,3-6,8-9,11H2,1H3. The van der Waals surface area contributed by atoms with E-state index in [0.717, 1.165) is 30.9 Å². The summed E-state index contributed by atoms with van der Waals surface area (Å²) in [7, 11) is 1.81. The Morgan fingerprint density at radius 2 is 1.85 bits per heavy atom. The Morgan fingerprint density at radius 3 is 2.60 bits per heavy atom. The molecule has 2 aliphatic rings. The van der Waals surface area contributed by atoms with Gasteiger partial charge in [0.05, 0.1) is 6.10 Å². The monoisotopic (exact) mass is 277 g/mol. The van der Waals surface area contributed by atoms with Crippen LogP contribution in [0.2, 0.25) is 0 Å². The van der Waals surface area contributed by atoms with E-state index in [1.54, 1.807) is 0 Å². The smallest absolute Gasteiger partial charge is 0.161 e. The molecule has 110 valence electrons. The highest BCUT2D eigenvalue weighted by molar-refractivity contribution is 5.43. The fourth-order valence-corrected chi connectivity index (χ4v) is 2.96. The Hall–Kier alpha value is -1.26. The number of methoxy groups -OCH3 is 1. The molecule has 1 saturated carbocycles. The van der Waals surface area contributed by atoms with Gasteiger partial charge in [0, 0.05) is 19.7 Å². The highest BCUT2D eigenvalue weighted by Gasteiger charge is 2.20. The van der Waals surface area contributed by atoms with Crippen molar-refractivity contribution in [3.05, 3.63) is 23.8 Å². The van der Waals surface area contributed by atoms with Gasteiger partial charge in [0.25, 0.3) is 0 Å². The lowest BCUT2D eigenvalue weighted by Gasteiger charge is -2.28. The molecule has 1 aliphatic carbocycles. The topological polar surface area (TPSA) is 39.7 Å².